The van der Waals surface area contributed by atoms with Gasteiger partial charge in [-0.15, -0.1) is 6.58 Å². The predicted octanol–water partition coefficient (Wildman–Crippen LogP) is 6.93. The second-order valence-corrected chi connectivity index (χ2v) is 7.95. The van der Waals surface area contributed by atoms with Gasteiger partial charge >= 0.3 is 0 Å². The smallest absolute Gasteiger partial charge is 0.165 e. The Labute approximate surface area is 186 Å². The molecule has 162 valence electrons. The van der Waals surface area contributed by atoms with Gasteiger partial charge < -0.3 is 14.8 Å². The quantitative estimate of drug-likeness (QED) is 0.364. The van der Waals surface area contributed by atoms with Gasteiger partial charge in [0.25, 0.3) is 0 Å². The second kappa shape index (κ2) is 10.7. The molecule has 3 nitrogen and oxygen atoms in total. The molecule has 31 heavy (non-hydrogen) atoms. The van der Waals surface area contributed by atoms with Crippen LogP contribution in [0.5, 0.6) is 11.5 Å². The van der Waals surface area contributed by atoms with Crippen molar-refractivity contribution in [1.29, 1.82) is 0 Å². The van der Waals surface area contributed by atoms with E-state index in [0.717, 1.165) is 40.3 Å². The minimum atomic E-state index is 0.505. The largest absolute Gasteiger partial charge is 0.490 e. The number of anilines is 1. The lowest BCUT2D eigenvalue weighted by Gasteiger charge is -2.18. The van der Waals surface area contributed by atoms with Crippen molar-refractivity contribution in [3.63, 3.8) is 0 Å². The lowest BCUT2D eigenvalue weighted by Crippen LogP contribution is -2.06. The summed E-state index contributed by atoms with van der Waals surface area (Å²) in [7, 11) is 0. The van der Waals surface area contributed by atoms with Crippen LogP contribution in [0.4, 0.5) is 5.69 Å². The van der Waals surface area contributed by atoms with Gasteiger partial charge in [0.2, 0.25) is 0 Å². The fourth-order valence-electron chi connectivity index (χ4n) is 3.52. The molecule has 0 radical (unpaired) electrons. The molecular weight excluding hydrogens is 382 g/mol. The van der Waals surface area contributed by atoms with Crippen molar-refractivity contribution in [2.24, 2.45) is 0 Å². The van der Waals surface area contributed by atoms with Crippen molar-refractivity contribution in [3.05, 3.63) is 101 Å². The first-order valence-electron chi connectivity index (χ1n) is 10.9. The van der Waals surface area contributed by atoms with Crippen molar-refractivity contribution in [1.82, 2.24) is 0 Å². The van der Waals surface area contributed by atoms with Crippen LogP contribution in [-0.4, -0.2) is 6.61 Å². The minimum Gasteiger partial charge on any atom is -0.490 e. The maximum Gasteiger partial charge on any atom is 0.165 e. The second-order valence-electron chi connectivity index (χ2n) is 7.95. The van der Waals surface area contributed by atoms with Gasteiger partial charge in [-0.1, -0.05) is 48.0 Å². The molecule has 0 aliphatic carbocycles. The number of ether oxygens (including phenoxy) is 2. The molecule has 3 heteroatoms. The van der Waals surface area contributed by atoms with Gasteiger partial charge in [0.15, 0.2) is 11.5 Å². The van der Waals surface area contributed by atoms with Gasteiger partial charge in [-0.2, -0.15) is 0 Å². The van der Waals surface area contributed by atoms with Gasteiger partial charge in [-0.05, 0) is 74.6 Å². The summed E-state index contributed by atoms with van der Waals surface area (Å²) in [6, 6.07) is 19.2. The third kappa shape index (κ3) is 6.14. The van der Waals surface area contributed by atoms with Gasteiger partial charge in [-0.3, -0.25) is 0 Å². The maximum absolute atomic E-state index is 6.26. The lowest BCUT2D eigenvalue weighted by molar-refractivity contribution is 0.267. The molecule has 0 aliphatic rings. The average molecular weight is 416 g/mol. The zero-order valence-electron chi connectivity index (χ0n) is 19.1. The van der Waals surface area contributed by atoms with Gasteiger partial charge in [0, 0.05) is 17.8 Å². The van der Waals surface area contributed by atoms with E-state index >= 15 is 0 Å². The number of benzene rings is 3. The predicted molar refractivity (Wildman–Crippen MR) is 130 cm³/mol. The summed E-state index contributed by atoms with van der Waals surface area (Å²) in [4.78, 5) is 0. The molecule has 0 aliphatic heterocycles. The van der Waals surface area contributed by atoms with Gasteiger partial charge in [0.1, 0.15) is 6.61 Å². The highest BCUT2D eigenvalue weighted by Gasteiger charge is 2.14. The van der Waals surface area contributed by atoms with Crippen LogP contribution >= 0.6 is 0 Å². The number of aryl methyl sites for hydroxylation is 3. The van der Waals surface area contributed by atoms with E-state index in [1.54, 1.807) is 0 Å². The molecule has 0 aromatic heterocycles. The van der Waals surface area contributed by atoms with E-state index < -0.39 is 0 Å². The Morgan fingerprint density at radius 2 is 1.61 bits per heavy atom. The molecule has 3 aromatic rings. The van der Waals surface area contributed by atoms with Crippen LogP contribution in [0.3, 0.4) is 0 Å². The van der Waals surface area contributed by atoms with Crippen LogP contribution in [0.1, 0.15) is 40.3 Å². The summed E-state index contributed by atoms with van der Waals surface area (Å²) >= 11 is 0. The van der Waals surface area contributed by atoms with Gasteiger partial charge in [0.05, 0.1) is 6.61 Å². The van der Waals surface area contributed by atoms with E-state index in [-0.39, 0.29) is 0 Å². The summed E-state index contributed by atoms with van der Waals surface area (Å²) in [5.74, 6) is 1.59. The SMILES string of the molecule is C=CCc1cc(CNc2cc(C)ccc2C)cc(OCC)c1OCc1ccc(C)cc1. The fourth-order valence-corrected chi connectivity index (χ4v) is 3.52. The van der Waals surface area contributed by atoms with Gasteiger partial charge in [-0.25, -0.2) is 0 Å². The zero-order valence-corrected chi connectivity index (χ0v) is 19.1. The summed E-state index contributed by atoms with van der Waals surface area (Å²) in [6.45, 7) is 14.1. The monoisotopic (exact) mass is 415 g/mol. The van der Waals surface area contributed by atoms with Crippen LogP contribution in [-0.2, 0) is 19.6 Å². The molecule has 0 saturated carbocycles. The van der Waals surface area contributed by atoms with Crippen molar-refractivity contribution in [3.8, 4) is 11.5 Å². The standard InChI is InChI=1S/C28H33NO2/c1-6-8-25-16-24(18-29-26-15-21(4)9-12-22(26)5)17-27(30-7-2)28(25)31-19-23-13-10-20(3)11-14-23/h6,9-17,29H,1,7-8,18-19H2,2-5H3. The first kappa shape index (κ1) is 22.5. The number of hydrogen-bond donors (Lipinski definition) is 1. The number of rotatable bonds is 10. The molecule has 1 N–H and O–H groups in total. The third-order valence-electron chi connectivity index (χ3n) is 5.24. The Kier molecular flexibility index (Phi) is 7.77. The highest BCUT2D eigenvalue weighted by atomic mass is 16.5. The fraction of sp³-hybridized carbons (Fsp3) is 0.286. The Bertz CT molecular complexity index is 1020. The normalized spacial score (nSPS) is 10.6. The zero-order chi connectivity index (χ0) is 22.2. The van der Waals surface area contributed by atoms with Crippen LogP contribution < -0.4 is 14.8 Å². The van der Waals surface area contributed by atoms with E-state index in [0.29, 0.717) is 19.8 Å². The van der Waals surface area contributed by atoms with Crippen LogP contribution in [0.25, 0.3) is 0 Å². The molecule has 0 fully saturated rings. The topological polar surface area (TPSA) is 30.5 Å². The minimum absolute atomic E-state index is 0.505. The Morgan fingerprint density at radius 1 is 0.871 bits per heavy atom. The molecule has 0 heterocycles. The van der Waals surface area contributed by atoms with Crippen molar-refractivity contribution in [2.75, 3.05) is 11.9 Å². The van der Waals surface area contributed by atoms with E-state index in [4.69, 9.17) is 9.47 Å². The highest BCUT2D eigenvalue weighted by molar-refractivity contribution is 5.55. The first-order chi connectivity index (χ1) is 15.0. The molecule has 0 bridgehead atoms. The summed E-state index contributed by atoms with van der Waals surface area (Å²) in [5, 5.41) is 3.57. The molecule has 0 atom stereocenters. The lowest BCUT2D eigenvalue weighted by atomic mass is 10.0. The Hall–Kier alpha value is -3.20. The van der Waals surface area contributed by atoms with Crippen molar-refractivity contribution < 1.29 is 9.47 Å². The van der Waals surface area contributed by atoms with Crippen molar-refractivity contribution >= 4 is 5.69 Å². The van der Waals surface area contributed by atoms with Crippen LogP contribution in [0.15, 0.2) is 67.3 Å². The molecule has 0 saturated heterocycles. The third-order valence-corrected chi connectivity index (χ3v) is 5.24. The summed E-state index contributed by atoms with van der Waals surface area (Å²) in [5.41, 5.74) is 8.26. The van der Waals surface area contributed by atoms with Crippen molar-refractivity contribution in [2.45, 2.75) is 47.3 Å². The Morgan fingerprint density at radius 3 is 2.32 bits per heavy atom. The number of allylic oxidation sites excluding steroid dienone is 1. The Balaban J connectivity index is 1.85. The average Bonchev–Trinajstić information content (AvgIpc) is 2.75. The number of hydrogen-bond acceptors (Lipinski definition) is 3. The van der Waals surface area contributed by atoms with E-state index in [2.05, 4.69) is 87.3 Å². The molecule has 0 spiro atoms. The maximum atomic E-state index is 6.26. The molecule has 3 rings (SSSR count). The van der Waals surface area contributed by atoms with Crippen LogP contribution in [0, 0.1) is 20.8 Å². The number of nitrogens with one attached hydrogen (secondary N) is 1. The summed E-state index contributed by atoms with van der Waals surface area (Å²) < 4.78 is 12.2. The molecule has 3 aromatic carbocycles. The molecule has 0 amide bonds. The first-order valence-corrected chi connectivity index (χ1v) is 10.9. The van der Waals surface area contributed by atoms with E-state index in [1.807, 2.05) is 13.0 Å². The van der Waals surface area contributed by atoms with Crippen LogP contribution in [0.2, 0.25) is 0 Å². The summed E-state index contributed by atoms with van der Waals surface area (Å²) in [6.07, 6.45) is 2.63. The molecular formula is C28H33NO2. The highest BCUT2D eigenvalue weighted by Crippen LogP contribution is 2.35. The molecule has 0 unspecified atom stereocenters. The van der Waals surface area contributed by atoms with E-state index in [1.165, 1.54) is 16.7 Å². The van der Waals surface area contributed by atoms with E-state index in [9.17, 15) is 0 Å².